The maximum atomic E-state index is 12.8. The summed E-state index contributed by atoms with van der Waals surface area (Å²) in [5.74, 6) is 0.486. The minimum atomic E-state index is -0.445. The summed E-state index contributed by atoms with van der Waals surface area (Å²) in [6.07, 6.45) is 4.05. The fraction of sp³-hybridized carbons (Fsp3) is 0.438. The van der Waals surface area contributed by atoms with Gasteiger partial charge in [0, 0.05) is 12.5 Å². The number of anilines is 1. The molecule has 0 saturated heterocycles. The topological polar surface area (TPSA) is 72.6 Å². The number of furan rings is 1. The molecule has 0 unspecified atom stereocenters. The van der Waals surface area contributed by atoms with Crippen LogP contribution in [0.1, 0.15) is 51.3 Å². The lowest BCUT2D eigenvalue weighted by Gasteiger charge is -2.17. The van der Waals surface area contributed by atoms with E-state index in [1.807, 2.05) is 13.8 Å². The SMILES string of the molecule is CCc1oc(C(=O)N(c2ncc(C(=O)OC)s2)C2CC2)cc1C. The van der Waals surface area contributed by atoms with E-state index < -0.39 is 5.97 Å². The Morgan fingerprint density at radius 3 is 2.78 bits per heavy atom. The first-order chi connectivity index (χ1) is 11.0. The van der Waals surface area contributed by atoms with Crippen molar-refractivity contribution in [3.63, 3.8) is 0 Å². The van der Waals surface area contributed by atoms with Gasteiger partial charge in [-0.1, -0.05) is 18.3 Å². The molecule has 1 saturated carbocycles. The van der Waals surface area contributed by atoms with Crippen molar-refractivity contribution in [1.82, 2.24) is 4.98 Å². The molecule has 3 rings (SSSR count). The van der Waals surface area contributed by atoms with E-state index in [4.69, 9.17) is 9.15 Å². The van der Waals surface area contributed by atoms with Crippen LogP contribution >= 0.6 is 11.3 Å². The number of aromatic nitrogens is 1. The second kappa shape index (κ2) is 6.16. The maximum absolute atomic E-state index is 12.8. The number of nitrogens with zero attached hydrogens (tertiary/aromatic N) is 2. The standard InChI is InChI=1S/C16H18N2O4S/c1-4-11-9(2)7-12(22-11)14(19)18(10-5-6-10)16-17-8-13(23-16)15(20)21-3/h7-8,10H,4-6H2,1-3H3. The Kier molecular flexibility index (Phi) is 4.21. The molecule has 0 atom stereocenters. The van der Waals surface area contributed by atoms with Crippen LogP contribution in [0, 0.1) is 6.92 Å². The van der Waals surface area contributed by atoms with Crippen LogP contribution < -0.4 is 4.90 Å². The number of ether oxygens (including phenoxy) is 1. The molecular weight excluding hydrogens is 316 g/mol. The summed E-state index contributed by atoms with van der Waals surface area (Å²) in [4.78, 5) is 30.7. The Morgan fingerprint density at radius 1 is 1.48 bits per heavy atom. The van der Waals surface area contributed by atoms with Gasteiger partial charge in [0.25, 0.3) is 5.91 Å². The third-order valence-corrected chi connectivity index (χ3v) is 4.75. The largest absolute Gasteiger partial charge is 0.465 e. The van der Waals surface area contributed by atoms with Gasteiger partial charge >= 0.3 is 5.97 Å². The van der Waals surface area contributed by atoms with Crippen molar-refractivity contribution in [1.29, 1.82) is 0 Å². The van der Waals surface area contributed by atoms with Crippen molar-refractivity contribution in [3.05, 3.63) is 34.2 Å². The number of rotatable bonds is 5. The molecule has 0 N–H and O–H groups in total. The molecule has 2 heterocycles. The van der Waals surface area contributed by atoms with E-state index in [9.17, 15) is 9.59 Å². The molecule has 6 nitrogen and oxygen atoms in total. The number of esters is 1. The summed E-state index contributed by atoms with van der Waals surface area (Å²) in [7, 11) is 1.32. The maximum Gasteiger partial charge on any atom is 0.349 e. The minimum Gasteiger partial charge on any atom is -0.465 e. The Hall–Kier alpha value is -2.15. The molecule has 0 spiro atoms. The van der Waals surface area contributed by atoms with Crippen LogP contribution in [0.3, 0.4) is 0 Å². The number of amides is 1. The van der Waals surface area contributed by atoms with Crippen molar-refractivity contribution in [2.24, 2.45) is 0 Å². The van der Waals surface area contributed by atoms with Gasteiger partial charge in [-0.05, 0) is 31.4 Å². The molecule has 0 aliphatic heterocycles. The third-order valence-electron chi connectivity index (χ3n) is 3.77. The van der Waals surface area contributed by atoms with Gasteiger partial charge in [0.1, 0.15) is 10.6 Å². The van der Waals surface area contributed by atoms with E-state index in [2.05, 4.69) is 4.98 Å². The number of thiazole rings is 1. The molecule has 0 bridgehead atoms. The average Bonchev–Trinajstić information content (AvgIpc) is 3.12. The van der Waals surface area contributed by atoms with Crippen LogP contribution in [0.2, 0.25) is 0 Å². The first kappa shape index (κ1) is 15.7. The highest BCUT2D eigenvalue weighted by Crippen LogP contribution is 2.36. The second-order valence-corrected chi connectivity index (χ2v) is 6.48. The van der Waals surface area contributed by atoms with E-state index >= 15 is 0 Å². The highest BCUT2D eigenvalue weighted by molar-refractivity contribution is 7.17. The average molecular weight is 334 g/mol. The molecule has 2 aromatic heterocycles. The molecule has 1 aliphatic carbocycles. The monoisotopic (exact) mass is 334 g/mol. The molecule has 7 heteroatoms. The normalized spacial score (nSPS) is 13.9. The van der Waals surface area contributed by atoms with E-state index in [-0.39, 0.29) is 11.9 Å². The Morgan fingerprint density at radius 2 is 2.22 bits per heavy atom. The number of carbonyl (C=O) groups excluding carboxylic acids is 2. The minimum absolute atomic E-state index is 0.120. The predicted molar refractivity (Wildman–Crippen MR) is 86.1 cm³/mol. The van der Waals surface area contributed by atoms with Crippen LogP contribution in [0.15, 0.2) is 16.7 Å². The van der Waals surface area contributed by atoms with Crippen LogP contribution in [0.4, 0.5) is 5.13 Å². The van der Waals surface area contributed by atoms with Crippen LogP contribution in [0.5, 0.6) is 0 Å². The fourth-order valence-corrected chi connectivity index (χ4v) is 3.31. The Bertz CT molecular complexity index is 745. The first-order valence-corrected chi connectivity index (χ1v) is 8.33. The van der Waals surface area contributed by atoms with Gasteiger partial charge in [-0.3, -0.25) is 9.69 Å². The number of aryl methyl sites for hydroxylation is 2. The van der Waals surface area contributed by atoms with E-state index in [1.165, 1.54) is 13.3 Å². The zero-order valence-corrected chi connectivity index (χ0v) is 14.1. The molecule has 1 aliphatic rings. The number of hydrogen-bond acceptors (Lipinski definition) is 6. The number of hydrogen-bond donors (Lipinski definition) is 0. The zero-order valence-electron chi connectivity index (χ0n) is 13.3. The molecule has 0 aromatic carbocycles. The van der Waals surface area contributed by atoms with Gasteiger partial charge in [0.05, 0.1) is 13.3 Å². The zero-order chi connectivity index (χ0) is 16.6. The van der Waals surface area contributed by atoms with Gasteiger partial charge < -0.3 is 9.15 Å². The molecule has 1 amide bonds. The number of carbonyl (C=O) groups is 2. The lowest BCUT2D eigenvalue weighted by Crippen LogP contribution is -2.32. The van der Waals surface area contributed by atoms with Crippen molar-refractivity contribution in [2.75, 3.05) is 12.0 Å². The van der Waals surface area contributed by atoms with Gasteiger partial charge in [-0.2, -0.15) is 0 Å². The molecule has 1 fully saturated rings. The van der Waals surface area contributed by atoms with E-state index in [0.717, 1.165) is 41.9 Å². The molecule has 23 heavy (non-hydrogen) atoms. The van der Waals surface area contributed by atoms with Gasteiger partial charge in [-0.25, -0.2) is 9.78 Å². The van der Waals surface area contributed by atoms with Crippen molar-refractivity contribution >= 4 is 28.3 Å². The predicted octanol–water partition coefficient (Wildman–Crippen LogP) is 3.20. The van der Waals surface area contributed by atoms with Crippen molar-refractivity contribution in [2.45, 2.75) is 39.2 Å². The number of methoxy groups -OCH3 is 1. The summed E-state index contributed by atoms with van der Waals surface area (Å²) < 4.78 is 10.4. The molecule has 122 valence electrons. The quantitative estimate of drug-likeness (QED) is 0.785. The molecular formula is C16H18N2O4S. The smallest absolute Gasteiger partial charge is 0.349 e. The lowest BCUT2D eigenvalue weighted by atomic mass is 10.2. The third kappa shape index (κ3) is 3.01. The van der Waals surface area contributed by atoms with Crippen LogP contribution in [-0.2, 0) is 11.2 Å². The van der Waals surface area contributed by atoms with Crippen LogP contribution in [0.25, 0.3) is 0 Å². The van der Waals surface area contributed by atoms with Gasteiger partial charge in [-0.15, -0.1) is 0 Å². The lowest BCUT2D eigenvalue weighted by molar-refractivity contribution is 0.0606. The summed E-state index contributed by atoms with van der Waals surface area (Å²) in [6, 6.07) is 1.89. The second-order valence-electron chi connectivity index (χ2n) is 5.48. The summed E-state index contributed by atoms with van der Waals surface area (Å²) in [5.41, 5.74) is 0.973. The summed E-state index contributed by atoms with van der Waals surface area (Å²) in [5, 5.41) is 0.505. The first-order valence-electron chi connectivity index (χ1n) is 7.52. The van der Waals surface area contributed by atoms with Crippen molar-refractivity contribution < 1.29 is 18.7 Å². The molecule has 0 radical (unpaired) electrons. The summed E-state index contributed by atoms with van der Waals surface area (Å²) >= 11 is 1.16. The highest BCUT2D eigenvalue weighted by atomic mass is 32.1. The van der Waals surface area contributed by atoms with E-state index in [1.54, 1.807) is 11.0 Å². The summed E-state index contributed by atoms with van der Waals surface area (Å²) in [6.45, 7) is 3.92. The fourth-order valence-electron chi connectivity index (χ4n) is 2.41. The van der Waals surface area contributed by atoms with Crippen LogP contribution in [-0.4, -0.2) is 30.0 Å². The highest BCUT2D eigenvalue weighted by Gasteiger charge is 2.37. The van der Waals surface area contributed by atoms with Gasteiger partial charge in [0.15, 0.2) is 10.9 Å². The van der Waals surface area contributed by atoms with E-state index in [0.29, 0.717) is 15.8 Å². The Labute approximate surface area is 138 Å². The molecule has 2 aromatic rings. The van der Waals surface area contributed by atoms with Crippen molar-refractivity contribution in [3.8, 4) is 0 Å². The van der Waals surface area contributed by atoms with Gasteiger partial charge in [0.2, 0.25) is 0 Å². The Balaban J connectivity index is 1.90.